The summed E-state index contributed by atoms with van der Waals surface area (Å²) in [6.07, 6.45) is 0. The fraction of sp³-hybridized carbons (Fsp3) is 0.125. The van der Waals surface area contributed by atoms with Crippen molar-refractivity contribution in [3.63, 3.8) is 0 Å². The molecule has 8 heteroatoms. The highest BCUT2D eigenvalue weighted by Crippen LogP contribution is 2.26. The van der Waals surface area contributed by atoms with E-state index >= 15 is 0 Å². The Morgan fingerprint density at radius 2 is 1.81 bits per heavy atom. The summed E-state index contributed by atoms with van der Waals surface area (Å²) in [5.74, 6) is 0.755. The van der Waals surface area contributed by atoms with Crippen LogP contribution in [0, 0.1) is 12.7 Å². The summed E-state index contributed by atoms with van der Waals surface area (Å²) in [4.78, 5) is 12.6. The number of nitrogens with zero attached hydrogens (tertiary/aromatic N) is 3. The lowest BCUT2D eigenvalue weighted by Crippen LogP contribution is -2.24. The number of aromatic nitrogens is 3. The quantitative estimate of drug-likeness (QED) is 0.324. The molecule has 0 fully saturated rings. The molecule has 0 aliphatic carbocycles. The van der Waals surface area contributed by atoms with Gasteiger partial charge in [-0.05, 0) is 61.0 Å². The van der Waals surface area contributed by atoms with Crippen LogP contribution in [0.4, 0.5) is 4.39 Å². The molecule has 3 aromatic carbocycles. The van der Waals surface area contributed by atoms with Gasteiger partial charge >= 0.3 is 0 Å². The standard InChI is InChI=1S/C24H20BrFN4OS/c1-16-3-2-4-18(13-16)23(31)27-14-22-28-29-24(30(22)21-11-9-20(26)10-12-21)32-15-17-5-7-19(25)8-6-17/h2-13H,14-15H2,1H3,(H,27,31). The first kappa shape index (κ1) is 22.2. The van der Waals surface area contributed by atoms with Crippen LogP contribution in [0.2, 0.25) is 0 Å². The van der Waals surface area contributed by atoms with Crippen LogP contribution in [-0.2, 0) is 12.3 Å². The number of halogens is 2. The van der Waals surface area contributed by atoms with E-state index in [1.165, 1.54) is 23.9 Å². The van der Waals surface area contributed by atoms with Gasteiger partial charge in [-0.1, -0.05) is 57.5 Å². The van der Waals surface area contributed by atoms with Crippen LogP contribution in [0.1, 0.15) is 27.3 Å². The Balaban J connectivity index is 1.56. The minimum atomic E-state index is -0.319. The second-order valence-corrected chi connectivity index (χ2v) is 9.04. The lowest BCUT2D eigenvalue weighted by atomic mass is 10.1. The molecule has 32 heavy (non-hydrogen) atoms. The van der Waals surface area contributed by atoms with E-state index in [2.05, 4.69) is 31.4 Å². The van der Waals surface area contributed by atoms with Gasteiger partial charge in [-0.3, -0.25) is 9.36 Å². The van der Waals surface area contributed by atoms with E-state index in [4.69, 9.17) is 0 Å². The zero-order valence-electron chi connectivity index (χ0n) is 17.3. The molecule has 162 valence electrons. The molecule has 1 aromatic heterocycles. The molecule has 0 atom stereocenters. The highest BCUT2D eigenvalue weighted by molar-refractivity contribution is 9.10. The molecule has 1 amide bonds. The number of thioether (sulfide) groups is 1. The molecule has 0 saturated carbocycles. The number of rotatable bonds is 7. The van der Waals surface area contributed by atoms with Crippen LogP contribution in [0.25, 0.3) is 5.69 Å². The van der Waals surface area contributed by atoms with E-state index in [1.807, 2.05) is 54.0 Å². The Kier molecular flexibility index (Phi) is 7.02. The van der Waals surface area contributed by atoms with Crippen molar-refractivity contribution in [2.45, 2.75) is 24.4 Å². The van der Waals surface area contributed by atoms with Crippen molar-refractivity contribution in [2.24, 2.45) is 0 Å². The fourth-order valence-electron chi connectivity index (χ4n) is 3.13. The van der Waals surface area contributed by atoms with Gasteiger partial charge in [-0.2, -0.15) is 0 Å². The van der Waals surface area contributed by atoms with Crippen molar-refractivity contribution < 1.29 is 9.18 Å². The Morgan fingerprint density at radius 3 is 2.53 bits per heavy atom. The third kappa shape index (κ3) is 5.44. The summed E-state index contributed by atoms with van der Waals surface area (Å²) >= 11 is 4.97. The van der Waals surface area contributed by atoms with Gasteiger partial charge in [-0.15, -0.1) is 10.2 Å². The predicted molar refractivity (Wildman–Crippen MR) is 127 cm³/mol. The first-order valence-electron chi connectivity index (χ1n) is 9.92. The number of carbonyl (C=O) groups excluding carboxylic acids is 1. The summed E-state index contributed by atoms with van der Waals surface area (Å²) in [7, 11) is 0. The average molecular weight is 511 g/mol. The van der Waals surface area contributed by atoms with Crippen molar-refractivity contribution in [2.75, 3.05) is 0 Å². The number of benzene rings is 3. The third-order valence-electron chi connectivity index (χ3n) is 4.75. The molecule has 1 N–H and O–H groups in total. The Morgan fingerprint density at radius 1 is 1.06 bits per heavy atom. The number of hydrogen-bond donors (Lipinski definition) is 1. The van der Waals surface area contributed by atoms with Gasteiger partial charge in [-0.25, -0.2) is 4.39 Å². The molecule has 0 aliphatic rings. The minimum absolute atomic E-state index is 0.188. The van der Waals surface area contributed by atoms with Gasteiger partial charge in [0.25, 0.3) is 5.91 Å². The topological polar surface area (TPSA) is 59.8 Å². The molecule has 4 rings (SSSR count). The van der Waals surface area contributed by atoms with Crippen LogP contribution in [-0.4, -0.2) is 20.7 Å². The van der Waals surface area contributed by atoms with E-state index < -0.39 is 0 Å². The predicted octanol–water partition coefficient (Wildman–Crippen LogP) is 5.70. The fourth-order valence-corrected chi connectivity index (χ4v) is 4.32. The number of aryl methyl sites for hydroxylation is 1. The van der Waals surface area contributed by atoms with Crippen molar-refractivity contribution >= 4 is 33.6 Å². The summed E-state index contributed by atoms with van der Waals surface area (Å²) in [6, 6.07) is 21.6. The number of hydrogen-bond acceptors (Lipinski definition) is 4. The van der Waals surface area contributed by atoms with Crippen LogP contribution in [0.15, 0.2) is 82.4 Å². The van der Waals surface area contributed by atoms with Gasteiger partial charge in [0.2, 0.25) is 0 Å². The lowest BCUT2D eigenvalue weighted by molar-refractivity contribution is 0.0949. The van der Waals surface area contributed by atoms with Crippen molar-refractivity contribution in [1.29, 1.82) is 0 Å². The molecule has 0 aliphatic heterocycles. The number of amides is 1. The maximum Gasteiger partial charge on any atom is 0.251 e. The normalized spacial score (nSPS) is 10.8. The van der Waals surface area contributed by atoms with Crippen LogP contribution in [0.3, 0.4) is 0 Å². The molecular formula is C24H20BrFN4OS. The Labute approximate surface area is 198 Å². The Bertz CT molecular complexity index is 1230. The van der Waals surface area contributed by atoms with E-state index in [1.54, 1.807) is 18.2 Å². The van der Waals surface area contributed by atoms with Crippen molar-refractivity contribution in [3.8, 4) is 5.69 Å². The zero-order chi connectivity index (χ0) is 22.5. The molecule has 1 heterocycles. The van der Waals surface area contributed by atoms with E-state index in [0.717, 1.165) is 21.3 Å². The van der Waals surface area contributed by atoms with Crippen molar-refractivity contribution in [1.82, 2.24) is 20.1 Å². The van der Waals surface area contributed by atoms with Gasteiger partial charge in [0.05, 0.1) is 6.54 Å². The molecule has 0 saturated heterocycles. The molecule has 4 aromatic rings. The summed E-state index contributed by atoms with van der Waals surface area (Å²) < 4.78 is 16.4. The maximum absolute atomic E-state index is 13.5. The molecule has 0 radical (unpaired) electrons. The second kappa shape index (κ2) is 10.1. The average Bonchev–Trinajstić information content (AvgIpc) is 3.20. The van der Waals surface area contributed by atoms with Gasteiger partial charge in [0, 0.05) is 21.5 Å². The van der Waals surface area contributed by atoms with Crippen LogP contribution >= 0.6 is 27.7 Å². The van der Waals surface area contributed by atoms with E-state index in [9.17, 15) is 9.18 Å². The summed E-state index contributed by atoms with van der Waals surface area (Å²) in [5.41, 5.74) is 3.47. The molecule has 5 nitrogen and oxygen atoms in total. The molecule has 0 unspecified atom stereocenters. The van der Waals surface area contributed by atoms with E-state index in [-0.39, 0.29) is 18.3 Å². The number of carbonyl (C=O) groups is 1. The van der Waals surface area contributed by atoms with Crippen LogP contribution < -0.4 is 5.32 Å². The SMILES string of the molecule is Cc1cccc(C(=O)NCc2nnc(SCc3ccc(Br)cc3)n2-c2ccc(F)cc2)c1. The van der Waals surface area contributed by atoms with Gasteiger partial charge < -0.3 is 5.32 Å². The Hall–Kier alpha value is -2.97. The van der Waals surface area contributed by atoms with Gasteiger partial charge in [0.15, 0.2) is 11.0 Å². The lowest BCUT2D eigenvalue weighted by Gasteiger charge is -2.11. The highest BCUT2D eigenvalue weighted by atomic mass is 79.9. The van der Waals surface area contributed by atoms with E-state index in [0.29, 0.717) is 22.3 Å². The monoisotopic (exact) mass is 510 g/mol. The smallest absolute Gasteiger partial charge is 0.251 e. The zero-order valence-corrected chi connectivity index (χ0v) is 19.7. The van der Waals surface area contributed by atoms with Crippen molar-refractivity contribution in [3.05, 3.63) is 106 Å². The molecule has 0 bridgehead atoms. The largest absolute Gasteiger partial charge is 0.345 e. The number of nitrogens with one attached hydrogen (secondary N) is 1. The first-order valence-corrected chi connectivity index (χ1v) is 11.7. The molecule has 0 spiro atoms. The third-order valence-corrected chi connectivity index (χ3v) is 6.28. The first-order chi connectivity index (χ1) is 15.5. The van der Waals surface area contributed by atoms with Gasteiger partial charge in [0.1, 0.15) is 5.82 Å². The second-order valence-electron chi connectivity index (χ2n) is 7.18. The summed E-state index contributed by atoms with van der Waals surface area (Å²) in [6.45, 7) is 2.13. The highest BCUT2D eigenvalue weighted by Gasteiger charge is 2.16. The maximum atomic E-state index is 13.5. The molecular weight excluding hydrogens is 491 g/mol. The van der Waals surface area contributed by atoms with Crippen LogP contribution in [0.5, 0.6) is 0 Å². The summed E-state index contributed by atoms with van der Waals surface area (Å²) in [5, 5.41) is 12.2. The minimum Gasteiger partial charge on any atom is -0.345 e.